The normalized spacial score (nSPS) is 13.0. The van der Waals surface area contributed by atoms with Crippen LogP contribution in [0.1, 0.15) is 0 Å². The molecular weight excluding hydrogens is 541 g/mol. The quantitative estimate of drug-likeness (QED) is 0.474. The molecule has 0 atom stereocenters. The number of fused-ring (bicyclic) bond motifs is 1. The number of aromatic amines is 1. The molecule has 3 aromatic rings. The van der Waals surface area contributed by atoms with Crippen molar-refractivity contribution in [1.82, 2.24) is 9.97 Å². The van der Waals surface area contributed by atoms with Gasteiger partial charge in [0, 0.05) is 9.77 Å². The number of rotatable bonds is 5. The molecule has 28 heavy (non-hydrogen) atoms. The molecule has 3 rings (SSSR count). The van der Waals surface area contributed by atoms with Crippen molar-refractivity contribution in [3.63, 3.8) is 0 Å². The van der Waals surface area contributed by atoms with Gasteiger partial charge in [0.15, 0.2) is 0 Å². The smallest absolute Gasteiger partial charge is 0.245 e. The first kappa shape index (κ1) is 21.0. The molecule has 0 aliphatic carbocycles. The lowest BCUT2D eigenvalue weighted by atomic mass is 10.3. The second-order valence-corrected chi connectivity index (χ2v) is 12.8. The van der Waals surface area contributed by atoms with Crippen molar-refractivity contribution in [2.75, 3.05) is 16.2 Å². The maximum Gasteiger partial charge on any atom is 0.245 e. The minimum absolute atomic E-state index is 0.0886. The third kappa shape index (κ3) is 3.62. The summed E-state index contributed by atoms with van der Waals surface area (Å²) in [5.41, 5.74) is -0.372. The number of sulfone groups is 1. The first-order chi connectivity index (χ1) is 12.8. The van der Waals surface area contributed by atoms with Crippen LogP contribution in [0.15, 0.2) is 52.5 Å². The van der Waals surface area contributed by atoms with Gasteiger partial charge in [-0.3, -0.25) is 0 Å². The van der Waals surface area contributed by atoms with E-state index >= 15 is 0 Å². The SMILES string of the molecule is CS(=O)(=O)N(c1cnc2[nH]cc(I)c2c1S(=O)(=O)c1ccccc1)S(C)(=O)=O. The Balaban J connectivity index is 2.54. The number of nitrogens with one attached hydrogen (secondary N) is 1. The number of benzene rings is 1. The number of aromatic nitrogens is 2. The summed E-state index contributed by atoms with van der Waals surface area (Å²) in [5.74, 6) is 0. The third-order valence-corrected chi connectivity index (χ3v) is 9.63. The Morgan fingerprint density at radius 2 is 1.54 bits per heavy atom. The minimum atomic E-state index is -4.38. The van der Waals surface area contributed by atoms with Gasteiger partial charge in [0.25, 0.3) is 0 Å². The summed E-state index contributed by atoms with van der Waals surface area (Å²) in [4.78, 5) is 6.26. The fraction of sp³-hybridized carbons (Fsp3) is 0.133. The van der Waals surface area contributed by atoms with Crippen LogP contribution in [-0.4, -0.2) is 47.7 Å². The van der Waals surface area contributed by atoms with Crippen molar-refractivity contribution < 1.29 is 25.3 Å². The Morgan fingerprint density at radius 1 is 0.964 bits per heavy atom. The number of pyridine rings is 1. The Bertz CT molecular complexity index is 1350. The molecule has 0 spiro atoms. The largest absolute Gasteiger partial charge is 0.345 e. The van der Waals surface area contributed by atoms with Crippen LogP contribution < -0.4 is 3.71 Å². The summed E-state index contributed by atoms with van der Waals surface area (Å²) in [7, 11) is -13.0. The van der Waals surface area contributed by atoms with E-state index in [0.29, 0.717) is 16.1 Å². The van der Waals surface area contributed by atoms with Gasteiger partial charge in [-0.1, -0.05) is 18.2 Å². The van der Waals surface area contributed by atoms with Crippen molar-refractivity contribution >= 4 is 69.2 Å². The molecule has 0 amide bonds. The number of halogens is 1. The Hall–Kier alpha value is -1.71. The molecule has 0 saturated carbocycles. The van der Waals surface area contributed by atoms with E-state index in [1.54, 1.807) is 6.07 Å². The number of nitrogens with zero attached hydrogens (tertiary/aromatic N) is 2. The summed E-state index contributed by atoms with van der Waals surface area (Å²) >= 11 is 1.87. The van der Waals surface area contributed by atoms with Crippen molar-refractivity contribution in [1.29, 1.82) is 0 Å². The van der Waals surface area contributed by atoms with Gasteiger partial charge in [-0.25, -0.2) is 30.2 Å². The highest BCUT2D eigenvalue weighted by Gasteiger charge is 2.36. The molecule has 1 N–H and O–H groups in total. The molecule has 9 nitrogen and oxygen atoms in total. The fourth-order valence-corrected chi connectivity index (χ4v) is 8.33. The number of hydrogen-bond donors (Lipinski definition) is 1. The summed E-state index contributed by atoms with van der Waals surface area (Å²) in [6, 6.07) is 7.34. The molecule has 0 unspecified atom stereocenters. The fourth-order valence-electron chi connectivity index (χ4n) is 2.74. The number of H-pyrrole nitrogens is 1. The minimum Gasteiger partial charge on any atom is -0.345 e. The predicted octanol–water partition coefficient (Wildman–Crippen LogP) is 1.73. The van der Waals surface area contributed by atoms with Gasteiger partial charge >= 0.3 is 0 Å². The van der Waals surface area contributed by atoms with E-state index < -0.39 is 40.5 Å². The number of sulfonamides is 2. The van der Waals surface area contributed by atoms with E-state index in [-0.39, 0.29) is 19.6 Å². The topological polar surface area (TPSA) is 134 Å². The van der Waals surface area contributed by atoms with E-state index in [0.717, 1.165) is 6.20 Å². The Kier molecular flexibility index (Phi) is 5.23. The standard InChI is InChI=1S/C15H14IN3O6S3/c1-26(20,21)19(27(2,22)23)12-9-18-15-13(11(16)8-17-15)14(12)28(24,25)10-6-4-3-5-7-10/h3-9H,1-2H3,(H,17,18). The van der Waals surface area contributed by atoms with Crippen LogP contribution in [0.5, 0.6) is 0 Å². The predicted molar refractivity (Wildman–Crippen MR) is 113 cm³/mol. The second kappa shape index (κ2) is 6.96. The van der Waals surface area contributed by atoms with E-state index in [9.17, 15) is 25.3 Å². The van der Waals surface area contributed by atoms with Crippen LogP contribution in [0.4, 0.5) is 5.69 Å². The van der Waals surface area contributed by atoms with Crippen LogP contribution in [0.2, 0.25) is 0 Å². The lowest BCUT2D eigenvalue weighted by Gasteiger charge is -2.22. The van der Waals surface area contributed by atoms with Gasteiger partial charge < -0.3 is 4.98 Å². The molecule has 0 radical (unpaired) electrons. The average molecular weight is 555 g/mol. The van der Waals surface area contributed by atoms with E-state index in [2.05, 4.69) is 9.97 Å². The average Bonchev–Trinajstić information content (AvgIpc) is 2.94. The third-order valence-electron chi connectivity index (χ3n) is 3.71. The molecule has 1 aromatic carbocycles. The second-order valence-electron chi connectivity index (χ2n) is 5.87. The van der Waals surface area contributed by atoms with Crippen molar-refractivity contribution in [3.8, 4) is 0 Å². The lowest BCUT2D eigenvalue weighted by Crippen LogP contribution is -2.36. The highest BCUT2D eigenvalue weighted by atomic mass is 127. The summed E-state index contributed by atoms with van der Waals surface area (Å²) in [5, 5.41) is 0.110. The summed E-state index contributed by atoms with van der Waals surface area (Å²) < 4.78 is 76.4. The Labute approximate surface area is 175 Å². The Morgan fingerprint density at radius 3 is 2.07 bits per heavy atom. The molecule has 13 heteroatoms. The van der Waals surface area contributed by atoms with Gasteiger partial charge in [-0.15, -0.1) is 0 Å². The van der Waals surface area contributed by atoms with Gasteiger partial charge in [-0.05, 0) is 34.7 Å². The van der Waals surface area contributed by atoms with E-state index in [1.807, 2.05) is 22.6 Å². The highest BCUT2D eigenvalue weighted by molar-refractivity contribution is 14.1. The highest BCUT2D eigenvalue weighted by Crippen LogP contribution is 2.39. The summed E-state index contributed by atoms with van der Waals surface area (Å²) in [6.07, 6.45) is 3.78. The number of hydrogen-bond acceptors (Lipinski definition) is 7. The molecule has 2 heterocycles. The molecule has 0 aliphatic rings. The first-order valence-electron chi connectivity index (χ1n) is 7.51. The first-order valence-corrected chi connectivity index (χ1v) is 13.8. The molecule has 0 bridgehead atoms. The van der Waals surface area contributed by atoms with Crippen LogP contribution in [-0.2, 0) is 29.9 Å². The monoisotopic (exact) mass is 555 g/mol. The van der Waals surface area contributed by atoms with Crippen molar-refractivity contribution in [3.05, 3.63) is 46.3 Å². The van der Waals surface area contributed by atoms with Gasteiger partial charge in [-0.2, -0.15) is 3.71 Å². The zero-order chi connectivity index (χ0) is 20.9. The van der Waals surface area contributed by atoms with E-state index in [1.165, 1.54) is 30.5 Å². The van der Waals surface area contributed by atoms with Crippen molar-refractivity contribution in [2.24, 2.45) is 0 Å². The maximum atomic E-state index is 13.4. The molecule has 0 fully saturated rings. The van der Waals surface area contributed by atoms with Crippen LogP contribution in [0, 0.1) is 3.57 Å². The zero-order valence-corrected chi connectivity index (χ0v) is 19.1. The molecule has 2 aromatic heterocycles. The van der Waals surface area contributed by atoms with Gasteiger partial charge in [0.2, 0.25) is 29.9 Å². The molecule has 0 aliphatic heterocycles. The molecular formula is C15H14IN3O6S3. The van der Waals surface area contributed by atoms with Crippen LogP contribution >= 0.6 is 22.6 Å². The van der Waals surface area contributed by atoms with Gasteiger partial charge in [0.1, 0.15) is 16.2 Å². The maximum absolute atomic E-state index is 13.4. The van der Waals surface area contributed by atoms with Crippen molar-refractivity contribution in [2.45, 2.75) is 9.79 Å². The van der Waals surface area contributed by atoms with Gasteiger partial charge in [0.05, 0.1) is 29.0 Å². The zero-order valence-electron chi connectivity index (χ0n) is 14.5. The van der Waals surface area contributed by atoms with E-state index in [4.69, 9.17) is 0 Å². The molecule has 150 valence electrons. The van der Waals surface area contributed by atoms with Crippen LogP contribution in [0.3, 0.4) is 0 Å². The molecule has 0 saturated heterocycles. The summed E-state index contributed by atoms with van der Waals surface area (Å²) in [6.45, 7) is 0. The van der Waals surface area contributed by atoms with Crippen LogP contribution in [0.25, 0.3) is 11.0 Å². The number of anilines is 1. The lowest BCUT2D eigenvalue weighted by molar-refractivity contribution is 0.590.